The topological polar surface area (TPSA) is 86.8 Å². The van der Waals surface area contributed by atoms with Gasteiger partial charge in [0.1, 0.15) is 18.4 Å². The number of halogens is 2. The Morgan fingerprint density at radius 3 is 2.15 bits per heavy atom. The van der Waals surface area contributed by atoms with Gasteiger partial charge in [0.15, 0.2) is 0 Å². The van der Waals surface area contributed by atoms with E-state index in [1.807, 2.05) is 51.1 Å². The van der Waals surface area contributed by atoms with Gasteiger partial charge in [-0.15, -0.1) is 0 Å². The van der Waals surface area contributed by atoms with Gasteiger partial charge in [-0.05, 0) is 86.3 Å². The van der Waals surface area contributed by atoms with Crippen molar-refractivity contribution >= 4 is 39.1 Å². The normalized spacial score (nSPS) is 12.7. The van der Waals surface area contributed by atoms with Gasteiger partial charge in [0.05, 0.1) is 10.6 Å². The van der Waals surface area contributed by atoms with Crippen molar-refractivity contribution in [2.24, 2.45) is 0 Å². The molecule has 0 unspecified atom stereocenters. The molecule has 4 rings (SSSR count). The average Bonchev–Trinajstić information content (AvgIpc) is 3.03. The number of anilines is 1. The van der Waals surface area contributed by atoms with E-state index in [9.17, 15) is 22.4 Å². The molecule has 0 heterocycles. The van der Waals surface area contributed by atoms with Crippen LogP contribution in [0.5, 0.6) is 0 Å². The number of sulfonamides is 1. The fourth-order valence-electron chi connectivity index (χ4n) is 5.03. The highest BCUT2D eigenvalue weighted by Gasteiger charge is 2.35. The minimum absolute atomic E-state index is 0.0145. The smallest absolute Gasteiger partial charge is 0.264 e. The third-order valence-corrected chi connectivity index (χ3v) is 9.86. The number of carbonyl (C=O) groups excluding carboxylic acids is 2. The van der Waals surface area contributed by atoms with E-state index in [1.54, 1.807) is 49.4 Å². The zero-order chi connectivity index (χ0) is 33.4. The van der Waals surface area contributed by atoms with Gasteiger partial charge in [-0.3, -0.25) is 13.9 Å². The van der Waals surface area contributed by atoms with E-state index in [2.05, 4.69) is 5.32 Å². The van der Waals surface area contributed by atoms with Crippen molar-refractivity contribution in [2.45, 2.75) is 64.1 Å². The van der Waals surface area contributed by atoms with Crippen LogP contribution in [0.2, 0.25) is 5.02 Å². The summed E-state index contributed by atoms with van der Waals surface area (Å²) in [5.74, 6) is -1.41. The molecule has 0 aromatic heterocycles. The Labute approximate surface area is 276 Å². The third kappa shape index (κ3) is 8.73. The Morgan fingerprint density at radius 2 is 1.54 bits per heavy atom. The maximum Gasteiger partial charge on any atom is 0.264 e. The summed E-state index contributed by atoms with van der Waals surface area (Å²) in [5.41, 5.74) is 3.12. The molecule has 0 bridgehead atoms. The van der Waals surface area contributed by atoms with E-state index < -0.39 is 34.3 Å². The van der Waals surface area contributed by atoms with Crippen molar-refractivity contribution in [3.05, 3.63) is 130 Å². The Kier molecular flexibility index (Phi) is 11.6. The van der Waals surface area contributed by atoms with Crippen molar-refractivity contribution in [1.82, 2.24) is 10.2 Å². The second kappa shape index (κ2) is 15.4. The Balaban J connectivity index is 1.83. The molecule has 0 saturated carbocycles. The summed E-state index contributed by atoms with van der Waals surface area (Å²) in [6, 6.07) is 25.0. The van der Waals surface area contributed by atoms with Gasteiger partial charge in [0.2, 0.25) is 11.8 Å². The van der Waals surface area contributed by atoms with Crippen LogP contribution in [0.3, 0.4) is 0 Å². The zero-order valence-corrected chi connectivity index (χ0v) is 28.0. The second-order valence-corrected chi connectivity index (χ2v) is 13.7. The lowest BCUT2D eigenvalue weighted by molar-refractivity contribution is -0.140. The number of amides is 2. The summed E-state index contributed by atoms with van der Waals surface area (Å²) in [5, 5.41) is 3.42. The molecular weight excluding hydrogens is 625 g/mol. The van der Waals surface area contributed by atoms with Crippen LogP contribution in [0.25, 0.3) is 0 Å². The highest BCUT2D eigenvalue weighted by atomic mass is 35.5. The fraction of sp³-hybridized carbons (Fsp3) is 0.278. The van der Waals surface area contributed by atoms with Crippen molar-refractivity contribution in [3.63, 3.8) is 0 Å². The lowest BCUT2D eigenvalue weighted by atomic mass is 10.0. The van der Waals surface area contributed by atoms with Crippen LogP contribution in [0.1, 0.15) is 42.5 Å². The predicted octanol–water partition coefficient (Wildman–Crippen LogP) is 6.85. The Bertz CT molecular complexity index is 1750. The van der Waals surface area contributed by atoms with Gasteiger partial charge in [-0.25, -0.2) is 12.8 Å². The van der Waals surface area contributed by atoms with Crippen molar-refractivity contribution in [2.75, 3.05) is 10.8 Å². The molecule has 7 nitrogen and oxygen atoms in total. The van der Waals surface area contributed by atoms with Crippen molar-refractivity contribution < 1.29 is 22.4 Å². The number of nitrogens with zero attached hydrogens (tertiary/aromatic N) is 2. The van der Waals surface area contributed by atoms with Crippen LogP contribution >= 0.6 is 11.6 Å². The van der Waals surface area contributed by atoms with Crippen LogP contribution in [0.4, 0.5) is 10.1 Å². The van der Waals surface area contributed by atoms with Crippen molar-refractivity contribution in [1.29, 1.82) is 0 Å². The molecule has 0 spiro atoms. The van der Waals surface area contributed by atoms with Gasteiger partial charge in [-0.2, -0.15) is 0 Å². The van der Waals surface area contributed by atoms with Gasteiger partial charge in [-0.1, -0.05) is 78.7 Å². The molecule has 0 aliphatic rings. The Hall–Kier alpha value is -4.21. The zero-order valence-electron chi connectivity index (χ0n) is 26.4. The number of benzene rings is 4. The number of hydrogen-bond acceptors (Lipinski definition) is 4. The molecule has 10 heteroatoms. The van der Waals surface area contributed by atoms with E-state index >= 15 is 0 Å². The lowest BCUT2D eigenvalue weighted by Gasteiger charge is -2.34. The maximum absolute atomic E-state index is 14.5. The van der Waals surface area contributed by atoms with E-state index in [0.29, 0.717) is 22.6 Å². The molecule has 4 aromatic carbocycles. The van der Waals surface area contributed by atoms with Crippen LogP contribution < -0.4 is 9.62 Å². The molecule has 0 saturated heterocycles. The quantitative estimate of drug-likeness (QED) is 0.170. The average molecular weight is 664 g/mol. The summed E-state index contributed by atoms with van der Waals surface area (Å²) in [6.45, 7) is 6.75. The van der Waals surface area contributed by atoms with Crippen LogP contribution in [0, 0.1) is 19.7 Å². The lowest BCUT2D eigenvalue weighted by Crippen LogP contribution is -2.54. The largest absolute Gasteiger partial charge is 0.352 e. The van der Waals surface area contributed by atoms with Gasteiger partial charge in [0, 0.05) is 24.0 Å². The molecule has 0 fully saturated rings. The van der Waals surface area contributed by atoms with E-state index in [0.717, 1.165) is 15.4 Å². The summed E-state index contributed by atoms with van der Waals surface area (Å²) < 4.78 is 43.4. The Morgan fingerprint density at radius 1 is 0.891 bits per heavy atom. The molecule has 46 heavy (non-hydrogen) atoms. The molecule has 4 aromatic rings. The summed E-state index contributed by atoms with van der Waals surface area (Å²) >= 11 is 6.22. The molecule has 0 radical (unpaired) electrons. The van der Waals surface area contributed by atoms with E-state index in [1.165, 1.54) is 29.2 Å². The second-order valence-electron chi connectivity index (χ2n) is 11.4. The molecule has 0 aliphatic carbocycles. The van der Waals surface area contributed by atoms with Crippen LogP contribution in [0.15, 0.2) is 102 Å². The number of hydrogen-bond donors (Lipinski definition) is 1. The molecule has 2 amide bonds. The van der Waals surface area contributed by atoms with Crippen LogP contribution in [-0.4, -0.2) is 43.8 Å². The number of rotatable bonds is 13. The van der Waals surface area contributed by atoms with Gasteiger partial charge >= 0.3 is 0 Å². The predicted molar refractivity (Wildman–Crippen MR) is 181 cm³/mol. The summed E-state index contributed by atoms with van der Waals surface area (Å²) in [7, 11) is -4.25. The first kappa shape index (κ1) is 34.7. The summed E-state index contributed by atoms with van der Waals surface area (Å²) in [6.07, 6.45) is 0.856. The number of carbonyl (C=O) groups is 2. The first-order valence-electron chi connectivity index (χ1n) is 15.1. The minimum Gasteiger partial charge on any atom is -0.352 e. The maximum atomic E-state index is 14.5. The standard InChI is InChI=1S/C36H39ClFN3O4S/c1-5-27(4)39-36(43)34(22-28-9-7-6-8-10-28)40(23-29-13-16-31(38)17-14-29)35(42)24-41(33-20-15-30(37)21-26(33)3)46(44,45)32-18-11-25(2)12-19-32/h6-21,27,34H,5,22-24H2,1-4H3,(H,39,43)/t27-,34+/m1/s1. The third-order valence-electron chi connectivity index (χ3n) is 7.85. The first-order valence-corrected chi connectivity index (χ1v) is 16.9. The molecule has 242 valence electrons. The molecule has 1 N–H and O–H groups in total. The number of aryl methyl sites for hydroxylation is 2. The monoisotopic (exact) mass is 663 g/mol. The highest BCUT2D eigenvalue weighted by Crippen LogP contribution is 2.30. The summed E-state index contributed by atoms with van der Waals surface area (Å²) in [4.78, 5) is 29.8. The molecule has 0 aliphatic heterocycles. The van der Waals surface area contributed by atoms with Crippen LogP contribution in [-0.2, 0) is 32.6 Å². The van der Waals surface area contributed by atoms with E-state index in [4.69, 9.17) is 11.6 Å². The molecular formula is C36H39ClFN3O4S. The first-order chi connectivity index (χ1) is 21.9. The number of nitrogens with one attached hydrogen (secondary N) is 1. The van der Waals surface area contributed by atoms with E-state index in [-0.39, 0.29) is 35.5 Å². The highest BCUT2D eigenvalue weighted by molar-refractivity contribution is 7.92. The van der Waals surface area contributed by atoms with Gasteiger partial charge in [0.25, 0.3) is 10.0 Å². The SMILES string of the molecule is CC[C@@H](C)NC(=O)[C@H](Cc1ccccc1)N(Cc1ccc(F)cc1)C(=O)CN(c1ccc(Cl)cc1C)S(=O)(=O)c1ccc(C)cc1. The van der Waals surface area contributed by atoms with Crippen molar-refractivity contribution in [3.8, 4) is 0 Å². The van der Waals surface area contributed by atoms with Gasteiger partial charge < -0.3 is 10.2 Å². The molecule has 2 atom stereocenters. The minimum atomic E-state index is -4.25. The fourth-order valence-corrected chi connectivity index (χ4v) is 6.74.